The Labute approximate surface area is 212 Å². The highest BCUT2D eigenvalue weighted by molar-refractivity contribution is 7.92. The molecular formula is C24H32ClN3O6S. The number of methoxy groups -OCH3 is 2. The number of ether oxygens (including phenoxy) is 2. The van der Waals surface area contributed by atoms with E-state index in [4.69, 9.17) is 21.1 Å². The molecule has 2 amide bonds. The van der Waals surface area contributed by atoms with E-state index in [0.29, 0.717) is 28.6 Å². The molecule has 11 heteroatoms. The highest BCUT2D eigenvalue weighted by Crippen LogP contribution is 2.32. The second kappa shape index (κ2) is 12.6. The van der Waals surface area contributed by atoms with Crippen molar-refractivity contribution in [3.63, 3.8) is 0 Å². The summed E-state index contributed by atoms with van der Waals surface area (Å²) in [6, 6.07) is 10.6. The zero-order valence-electron chi connectivity index (χ0n) is 20.6. The number of carbonyl (C=O) groups excluding carboxylic acids is 2. The van der Waals surface area contributed by atoms with E-state index in [-0.39, 0.29) is 18.1 Å². The third-order valence-electron chi connectivity index (χ3n) is 5.29. The first-order valence-electron chi connectivity index (χ1n) is 11.0. The molecule has 2 aromatic rings. The van der Waals surface area contributed by atoms with Gasteiger partial charge in [0, 0.05) is 24.2 Å². The van der Waals surface area contributed by atoms with Crippen LogP contribution in [0.3, 0.4) is 0 Å². The molecule has 192 valence electrons. The van der Waals surface area contributed by atoms with E-state index in [9.17, 15) is 18.0 Å². The molecule has 0 bridgehead atoms. The molecule has 0 aliphatic heterocycles. The average Bonchev–Trinajstić information content (AvgIpc) is 2.82. The zero-order valence-corrected chi connectivity index (χ0v) is 22.1. The molecular weight excluding hydrogens is 494 g/mol. The van der Waals surface area contributed by atoms with Crippen LogP contribution in [0.4, 0.5) is 5.69 Å². The van der Waals surface area contributed by atoms with Gasteiger partial charge < -0.3 is 19.7 Å². The Balaban J connectivity index is 2.42. The number of nitrogens with zero attached hydrogens (tertiary/aromatic N) is 2. The van der Waals surface area contributed by atoms with Gasteiger partial charge in [0.15, 0.2) is 11.5 Å². The number of nitrogens with one attached hydrogen (secondary N) is 1. The fourth-order valence-electron chi connectivity index (χ4n) is 3.40. The van der Waals surface area contributed by atoms with E-state index in [1.54, 1.807) is 37.3 Å². The summed E-state index contributed by atoms with van der Waals surface area (Å²) in [6.45, 7) is 3.55. The average molecular weight is 526 g/mol. The number of rotatable bonds is 12. The maximum Gasteiger partial charge on any atom is 0.244 e. The molecule has 0 spiro atoms. The molecule has 0 saturated heterocycles. The van der Waals surface area contributed by atoms with E-state index in [1.165, 1.54) is 31.3 Å². The molecule has 0 saturated carbocycles. The van der Waals surface area contributed by atoms with Gasteiger partial charge in [-0.25, -0.2) is 8.42 Å². The molecule has 0 aliphatic rings. The molecule has 2 rings (SSSR count). The van der Waals surface area contributed by atoms with Crippen molar-refractivity contribution in [1.29, 1.82) is 0 Å². The third-order valence-corrected chi connectivity index (χ3v) is 6.67. The van der Waals surface area contributed by atoms with Crippen molar-refractivity contribution < 1.29 is 27.5 Å². The van der Waals surface area contributed by atoms with Gasteiger partial charge in [-0.1, -0.05) is 30.7 Å². The molecule has 0 heterocycles. The number of hydrogen-bond acceptors (Lipinski definition) is 6. The highest BCUT2D eigenvalue weighted by atomic mass is 35.5. The lowest BCUT2D eigenvalue weighted by molar-refractivity contribution is -0.139. The second-order valence-corrected chi connectivity index (χ2v) is 10.3. The number of amides is 2. The lowest BCUT2D eigenvalue weighted by atomic mass is 10.1. The van der Waals surface area contributed by atoms with Gasteiger partial charge in [-0.3, -0.25) is 13.9 Å². The molecule has 0 fully saturated rings. The quantitative estimate of drug-likeness (QED) is 0.456. The first-order chi connectivity index (χ1) is 16.5. The molecule has 9 nitrogen and oxygen atoms in total. The monoisotopic (exact) mass is 525 g/mol. The van der Waals surface area contributed by atoms with Gasteiger partial charge in [0.05, 0.1) is 26.2 Å². The van der Waals surface area contributed by atoms with Crippen LogP contribution >= 0.6 is 11.6 Å². The maximum atomic E-state index is 13.5. The number of benzene rings is 2. The number of hydrogen-bond donors (Lipinski definition) is 1. The minimum atomic E-state index is -3.86. The van der Waals surface area contributed by atoms with E-state index in [2.05, 4.69) is 5.32 Å². The topological polar surface area (TPSA) is 105 Å². The van der Waals surface area contributed by atoms with Crippen LogP contribution in [0.1, 0.15) is 25.8 Å². The molecule has 0 aliphatic carbocycles. The maximum absolute atomic E-state index is 13.5. The predicted octanol–water partition coefficient (Wildman–Crippen LogP) is 3.07. The van der Waals surface area contributed by atoms with Crippen LogP contribution < -0.4 is 19.1 Å². The van der Waals surface area contributed by atoms with Gasteiger partial charge in [-0.2, -0.15) is 0 Å². The Morgan fingerprint density at radius 3 is 2.34 bits per heavy atom. The summed E-state index contributed by atoms with van der Waals surface area (Å²) in [7, 11) is -0.965. The molecule has 2 aromatic carbocycles. The molecule has 35 heavy (non-hydrogen) atoms. The minimum Gasteiger partial charge on any atom is -0.493 e. The molecule has 0 unspecified atom stereocenters. The first kappa shape index (κ1) is 28.3. The summed E-state index contributed by atoms with van der Waals surface area (Å²) >= 11 is 6.10. The van der Waals surface area contributed by atoms with Gasteiger partial charge in [-0.05, 0) is 43.2 Å². The van der Waals surface area contributed by atoms with Gasteiger partial charge in [0.2, 0.25) is 21.8 Å². The fourth-order valence-corrected chi connectivity index (χ4v) is 4.46. The Morgan fingerprint density at radius 1 is 1.09 bits per heavy atom. The third kappa shape index (κ3) is 7.76. The predicted molar refractivity (Wildman–Crippen MR) is 137 cm³/mol. The van der Waals surface area contributed by atoms with E-state index >= 15 is 0 Å². The number of anilines is 1. The standard InChI is InChI=1S/C24H32ClN3O6S/c1-6-12-26-24(30)17(2)27(15-18-8-7-9-19(25)13-18)23(29)16-28(35(5,31)32)20-10-11-21(33-3)22(14-20)34-4/h7-11,13-14,17H,6,12,15-16H2,1-5H3,(H,26,30)/t17-/m1/s1. The minimum absolute atomic E-state index is 0.0731. The highest BCUT2D eigenvalue weighted by Gasteiger charge is 2.30. The summed E-state index contributed by atoms with van der Waals surface area (Å²) in [6.07, 6.45) is 1.75. The molecule has 0 radical (unpaired) electrons. The van der Waals surface area contributed by atoms with E-state index < -0.39 is 28.5 Å². The van der Waals surface area contributed by atoms with Crippen LogP contribution in [0.15, 0.2) is 42.5 Å². The molecule has 0 aromatic heterocycles. The van der Waals surface area contributed by atoms with Crippen LogP contribution in [0.5, 0.6) is 11.5 Å². The van der Waals surface area contributed by atoms with Crippen LogP contribution in [0.25, 0.3) is 0 Å². The van der Waals surface area contributed by atoms with Crippen LogP contribution in [-0.4, -0.2) is 64.7 Å². The largest absolute Gasteiger partial charge is 0.493 e. The fraction of sp³-hybridized carbons (Fsp3) is 0.417. The Bertz CT molecular complexity index is 1140. The SMILES string of the molecule is CCCNC(=O)[C@@H](C)N(Cc1cccc(Cl)c1)C(=O)CN(c1ccc(OC)c(OC)c1)S(C)(=O)=O. The first-order valence-corrected chi connectivity index (χ1v) is 13.3. The summed E-state index contributed by atoms with van der Waals surface area (Å²) in [5.74, 6) is -0.155. The van der Waals surface area contributed by atoms with Gasteiger partial charge in [-0.15, -0.1) is 0 Å². The smallest absolute Gasteiger partial charge is 0.244 e. The van der Waals surface area contributed by atoms with E-state index in [1.807, 2.05) is 6.92 Å². The second-order valence-electron chi connectivity index (χ2n) is 7.93. The van der Waals surface area contributed by atoms with Gasteiger partial charge in [0.25, 0.3) is 0 Å². The molecule has 1 atom stereocenters. The Kier molecular flexibility index (Phi) is 10.2. The Morgan fingerprint density at radius 2 is 1.77 bits per heavy atom. The molecule has 1 N–H and O–H groups in total. The van der Waals surface area contributed by atoms with Crippen molar-refractivity contribution in [2.45, 2.75) is 32.9 Å². The Hall–Kier alpha value is -2.98. The number of carbonyl (C=O) groups is 2. The van der Waals surface area contributed by atoms with Crippen LogP contribution in [-0.2, 0) is 26.2 Å². The van der Waals surface area contributed by atoms with Crippen molar-refractivity contribution >= 4 is 39.1 Å². The normalized spacial score (nSPS) is 11.9. The van der Waals surface area contributed by atoms with Gasteiger partial charge in [0.1, 0.15) is 12.6 Å². The van der Waals surface area contributed by atoms with Crippen molar-refractivity contribution in [1.82, 2.24) is 10.2 Å². The van der Waals surface area contributed by atoms with Crippen molar-refractivity contribution in [3.05, 3.63) is 53.1 Å². The number of sulfonamides is 1. The van der Waals surface area contributed by atoms with Crippen LogP contribution in [0, 0.1) is 0 Å². The van der Waals surface area contributed by atoms with Crippen molar-refractivity contribution in [3.8, 4) is 11.5 Å². The van der Waals surface area contributed by atoms with Gasteiger partial charge >= 0.3 is 0 Å². The number of halogens is 1. The lowest BCUT2D eigenvalue weighted by Crippen LogP contribution is -2.51. The lowest BCUT2D eigenvalue weighted by Gasteiger charge is -2.31. The summed E-state index contributed by atoms with van der Waals surface area (Å²) < 4.78 is 36.8. The summed E-state index contributed by atoms with van der Waals surface area (Å²) in [5.41, 5.74) is 0.933. The summed E-state index contributed by atoms with van der Waals surface area (Å²) in [5, 5.41) is 3.27. The van der Waals surface area contributed by atoms with E-state index in [0.717, 1.165) is 17.0 Å². The zero-order chi connectivity index (χ0) is 26.2. The summed E-state index contributed by atoms with van der Waals surface area (Å²) in [4.78, 5) is 27.6. The van der Waals surface area contributed by atoms with Crippen molar-refractivity contribution in [2.75, 3.05) is 37.9 Å². The van der Waals surface area contributed by atoms with Crippen LogP contribution in [0.2, 0.25) is 5.02 Å². The van der Waals surface area contributed by atoms with Crippen molar-refractivity contribution in [2.24, 2.45) is 0 Å².